The SMILES string of the molecule is Cc1csc(C(F)(F)CO)c1. The molecule has 11 heavy (non-hydrogen) atoms. The minimum absolute atomic E-state index is 0.0718. The fraction of sp³-hybridized carbons (Fsp3) is 0.429. The third-order valence-corrected chi connectivity index (χ3v) is 2.45. The molecule has 1 N–H and O–H groups in total. The van der Waals surface area contributed by atoms with E-state index >= 15 is 0 Å². The van der Waals surface area contributed by atoms with Gasteiger partial charge in [0.05, 0.1) is 4.88 Å². The summed E-state index contributed by atoms with van der Waals surface area (Å²) >= 11 is 0.971. The molecular weight excluding hydrogens is 170 g/mol. The van der Waals surface area contributed by atoms with E-state index in [-0.39, 0.29) is 4.88 Å². The number of thiophene rings is 1. The number of aryl methyl sites for hydroxylation is 1. The average molecular weight is 178 g/mol. The van der Waals surface area contributed by atoms with Gasteiger partial charge in [-0.1, -0.05) is 0 Å². The van der Waals surface area contributed by atoms with E-state index in [0.717, 1.165) is 16.9 Å². The van der Waals surface area contributed by atoms with Crippen LogP contribution in [-0.2, 0) is 5.92 Å². The van der Waals surface area contributed by atoms with Crippen LogP contribution in [0.2, 0.25) is 0 Å². The molecule has 0 aliphatic rings. The predicted octanol–water partition coefficient (Wildman–Crippen LogP) is 2.14. The minimum Gasteiger partial charge on any atom is -0.390 e. The van der Waals surface area contributed by atoms with E-state index in [1.54, 1.807) is 12.3 Å². The van der Waals surface area contributed by atoms with Crippen LogP contribution in [0.5, 0.6) is 0 Å². The Morgan fingerprint density at radius 2 is 2.27 bits per heavy atom. The molecule has 0 unspecified atom stereocenters. The number of aliphatic hydroxyl groups excluding tert-OH is 1. The molecule has 0 atom stereocenters. The van der Waals surface area contributed by atoms with Crippen LogP contribution in [0.15, 0.2) is 11.4 Å². The van der Waals surface area contributed by atoms with Gasteiger partial charge in [-0.05, 0) is 23.9 Å². The monoisotopic (exact) mass is 178 g/mol. The smallest absolute Gasteiger partial charge is 0.304 e. The van der Waals surface area contributed by atoms with Gasteiger partial charge in [-0.3, -0.25) is 0 Å². The van der Waals surface area contributed by atoms with Gasteiger partial charge in [0.1, 0.15) is 6.61 Å². The summed E-state index contributed by atoms with van der Waals surface area (Å²) in [6, 6.07) is 1.39. The van der Waals surface area contributed by atoms with Crippen molar-refractivity contribution >= 4 is 11.3 Å². The second-order valence-electron chi connectivity index (χ2n) is 2.35. The van der Waals surface area contributed by atoms with E-state index in [9.17, 15) is 8.78 Å². The third kappa shape index (κ3) is 1.75. The molecular formula is C7H8F2OS. The normalized spacial score (nSPS) is 12.0. The maximum Gasteiger partial charge on any atom is 0.304 e. The summed E-state index contributed by atoms with van der Waals surface area (Å²) < 4.78 is 25.3. The summed E-state index contributed by atoms with van der Waals surface area (Å²) in [5, 5.41) is 9.95. The summed E-state index contributed by atoms with van der Waals surface area (Å²) in [5.74, 6) is -3.07. The van der Waals surface area contributed by atoms with Gasteiger partial charge in [-0.2, -0.15) is 8.78 Å². The zero-order chi connectivity index (χ0) is 8.48. The maximum absolute atomic E-state index is 12.7. The van der Waals surface area contributed by atoms with Gasteiger partial charge < -0.3 is 5.11 Å². The molecule has 0 aliphatic heterocycles. The highest BCUT2D eigenvalue weighted by Gasteiger charge is 2.31. The van der Waals surface area contributed by atoms with Crippen molar-refractivity contribution in [1.82, 2.24) is 0 Å². The van der Waals surface area contributed by atoms with E-state index in [0.29, 0.717) is 0 Å². The Bertz CT molecular complexity index is 244. The van der Waals surface area contributed by atoms with E-state index in [1.165, 1.54) is 6.07 Å². The van der Waals surface area contributed by atoms with Crippen molar-refractivity contribution in [3.05, 3.63) is 21.9 Å². The van der Waals surface area contributed by atoms with Gasteiger partial charge >= 0.3 is 5.92 Å². The highest BCUT2D eigenvalue weighted by atomic mass is 32.1. The highest BCUT2D eigenvalue weighted by molar-refractivity contribution is 7.10. The van der Waals surface area contributed by atoms with Gasteiger partial charge in [0.2, 0.25) is 0 Å². The van der Waals surface area contributed by atoms with Crippen molar-refractivity contribution < 1.29 is 13.9 Å². The Labute approximate surface area is 67.3 Å². The molecule has 1 heterocycles. The molecule has 4 heteroatoms. The second-order valence-corrected chi connectivity index (χ2v) is 3.26. The predicted molar refractivity (Wildman–Crippen MR) is 40.0 cm³/mol. The number of hydrogen-bond acceptors (Lipinski definition) is 2. The van der Waals surface area contributed by atoms with Gasteiger partial charge in [0.25, 0.3) is 0 Å². The quantitative estimate of drug-likeness (QED) is 0.735. The fourth-order valence-electron chi connectivity index (χ4n) is 0.701. The van der Waals surface area contributed by atoms with Gasteiger partial charge in [0.15, 0.2) is 0 Å². The summed E-state index contributed by atoms with van der Waals surface area (Å²) in [4.78, 5) is -0.0718. The maximum atomic E-state index is 12.7. The Kier molecular flexibility index (Phi) is 2.25. The molecule has 1 rings (SSSR count). The molecule has 0 spiro atoms. The molecule has 1 aromatic rings. The number of hydrogen-bond donors (Lipinski definition) is 1. The number of alkyl halides is 2. The van der Waals surface area contributed by atoms with Crippen molar-refractivity contribution in [2.45, 2.75) is 12.8 Å². The van der Waals surface area contributed by atoms with Crippen LogP contribution in [0.1, 0.15) is 10.4 Å². The van der Waals surface area contributed by atoms with E-state index in [1.807, 2.05) is 0 Å². The first-order chi connectivity index (χ1) is 5.06. The molecule has 0 aliphatic carbocycles. The largest absolute Gasteiger partial charge is 0.390 e. The first-order valence-electron chi connectivity index (χ1n) is 3.10. The second kappa shape index (κ2) is 2.87. The molecule has 1 nitrogen and oxygen atoms in total. The third-order valence-electron chi connectivity index (χ3n) is 1.29. The number of halogens is 2. The van der Waals surface area contributed by atoms with Crippen LogP contribution in [-0.4, -0.2) is 11.7 Å². The summed E-state index contributed by atoms with van der Waals surface area (Å²) in [6.07, 6.45) is 0. The lowest BCUT2D eigenvalue weighted by Gasteiger charge is -2.09. The van der Waals surface area contributed by atoms with Gasteiger partial charge in [0, 0.05) is 0 Å². The standard InChI is InChI=1S/C7H8F2OS/c1-5-2-6(11-3-5)7(8,9)4-10/h2-3,10H,4H2,1H3. The summed E-state index contributed by atoms with van der Waals surface area (Å²) in [5.41, 5.74) is 0.804. The summed E-state index contributed by atoms with van der Waals surface area (Å²) in [6.45, 7) is 0.625. The summed E-state index contributed by atoms with van der Waals surface area (Å²) in [7, 11) is 0. The Morgan fingerprint density at radius 1 is 1.64 bits per heavy atom. The molecule has 0 saturated carbocycles. The van der Waals surface area contributed by atoms with Crippen LogP contribution < -0.4 is 0 Å². The Hall–Kier alpha value is -0.480. The van der Waals surface area contributed by atoms with Crippen LogP contribution >= 0.6 is 11.3 Å². The van der Waals surface area contributed by atoms with Gasteiger partial charge in [-0.25, -0.2) is 0 Å². The average Bonchev–Trinajstić information content (AvgIpc) is 2.36. The van der Waals surface area contributed by atoms with Crippen molar-refractivity contribution in [3.8, 4) is 0 Å². The molecule has 0 saturated heterocycles. The Balaban J connectivity index is 2.92. The number of rotatable bonds is 2. The minimum atomic E-state index is -3.07. The zero-order valence-corrected chi connectivity index (χ0v) is 6.79. The van der Waals surface area contributed by atoms with Crippen molar-refractivity contribution in [1.29, 1.82) is 0 Å². The molecule has 0 radical (unpaired) electrons. The van der Waals surface area contributed by atoms with Crippen molar-refractivity contribution in [3.63, 3.8) is 0 Å². The molecule has 62 valence electrons. The van der Waals surface area contributed by atoms with Crippen LogP contribution in [0.3, 0.4) is 0 Å². The topological polar surface area (TPSA) is 20.2 Å². The molecule has 0 amide bonds. The van der Waals surface area contributed by atoms with Crippen LogP contribution in [0.4, 0.5) is 8.78 Å². The Morgan fingerprint density at radius 3 is 2.64 bits per heavy atom. The van der Waals surface area contributed by atoms with E-state index in [4.69, 9.17) is 5.11 Å². The molecule has 0 fully saturated rings. The van der Waals surface area contributed by atoms with Gasteiger partial charge in [-0.15, -0.1) is 11.3 Å². The number of aliphatic hydroxyl groups is 1. The van der Waals surface area contributed by atoms with E-state index in [2.05, 4.69) is 0 Å². The van der Waals surface area contributed by atoms with Crippen molar-refractivity contribution in [2.75, 3.05) is 6.61 Å². The van der Waals surface area contributed by atoms with Crippen LogP contribution in [0.25, 0.3) is 0 Å². The first-order valence-corrected chi connectivity index (χ1v) is 3.98. The van der Waals surface area contributed by atoms with Crippen molar-refractivity contribution in [2.24, 2.45) is 0 Å². The molecule has 1 aromatic heterocycles. The fourth-order valence-corrected chi connectivity index (χ4v) is 1.57. The lowest BCUT2D eigenvalue weighted by atomic mass is 10.2. The van der Waals surface area contributed by atoms with E-state index < -0.39 is 12.5 Å². The highest BCUT2D eigenvalue weighted by Crippen LogP contribution is 2.31. The first kappa shape index (κ1) is 8.62. The molecule has 0 aromatic carbocycles. The lowest BCUT2D eigenvalue weighted by Crippen LogP contribution is -2.16. The van der Waals surface area contributed by atoms with Crippen LogP contribution in [0, 0.1) is 6.92 Å². The lowest BCUT2D eigenvalue weighted by molar-refractivity contribution is -0.0524. The zero-order valence-electron chi connectivity index (χ0n) is 5.97. The molecule has 0 bridgehead atoms.